The van der Waals surface area contributed by atoms with Crippen LogP contribution in [0.15, 0.2) is 54.6 Å². The van der Waals surface area contributed by atoms with E-state index in [1.165, 1.54) is 5.01 Å². The summed E-state index contributed by atoms with van der Waals surface area (Å²) in [7, 11) is -0.653. The van der Waals surface area contributed by atoms with Crippen molar-refractivity contribution in [3.05, 3.63) is 82.4 Å². The molecule has 258 valence electrons. The summed E-state index contributed by atoms with van der Waals surface area (Å²) >= 11 is 0. The first-order valence-corrected chi connectivity index (χ1v) is 16.5. The molecule has 0 spiro atoms. The Hall–Kier alpha value is -3.76. The summed E-state index contributed by atoms with van der Waals surface area (Å²) in [6, 6.07) is 15.6. The maximum atomic E-state index is 14.1. The number of aryl methyl sites for hydroxylation is 2. The van der Waals surface area contributed by atoms with Gasteiger partial charge in [-0.3, -0.25) is 15.0 Å². The highest BCUT2D eigenvalue weighted by molar-refractivity contribution is 6.62. The molecular formula is C38H49BF2N2O5. The van der Waals surface area contributed by atoms with Crippen LogP contribution < -0.4 is 15.6 Å². The van der Waals surface area contributed by atoms with E-state index >= 15 is 0 Å². The fourth-order valence-electron chi connectivity index (χ4n) is 6.14. The standard InChI is InChI=1S/C38H49BF2N2O5/c1-12-14-31(36(5,6)7)43(34(45)27-20-23(2)19-24(3)21-27)42-33(44)29-17-18-30(32(25(29)4)46-35(40)41)26-15-13-16-28(22-26)39-47-37(8,9)38(10,11)48-39/h13,15-22,31,35H,12,14H2,1-11H3,(H,42,44)/t31-/m1/s1. The normalized spacial score (nSPS) is 16.2. The molecule has 0 saturated carbocycles. The van der Waals surface area contributed by atoms with Crippen LogP contribution in [0.1, 0.15) is 106 Å². The number of hydrazine groups is 1. The molecule has 0 unspecified atom stereocenters. The molecule has 1 N–H and O–H groups in total. The van der Waals surface area contributed by atoms with E-state index < -0.39 is 30.8 Å². The second-order valence-corrected chi connectivity index (χ2v) is 14.9. The number of ether oxygens (including phenoxy) is 1. The van der Waals surface area contributed by atoms with Gasteiger partial charge in [-0.2, -0.15) is 8.78 Å². The van der Waals surface area contributed by atoms with E-state index in [2.05, 4.69) is 5.43 Å². The Labute approximate surface area is 284 Å². The Kier molecular flexibility index (Phi) is 10.8. The third kappa shape index (κ3) is 7.92. The van der Waals surface area contributed by atoms with Gasteiger partial charge in [0.15, 0.2) is 0 Å². The Morgan fingerprint density at radius 3 is 2.08 bits per heavy atom. The van der Waals surface area contributed by atoms with Crippen LogP contribution in [0.3, 0.4) is 0 Å². The molecule has 1 aliphatic rings. The van der Waals surface area contributed by atoms with Crippen molar-refractivity contribution >= 4 is 24.4 Å². The van der Waals surface area contributed by atoms with E-state index in [1.54, 1.807) is 43.3 Å². The summed E-state index contributed by atoms with van der Waals surface area (Å²) in [6.07, 6.45) is 1.41. The zero-order valence-corrected chi connectivity index (χ0v) is 30.1. The Morgan fingerprint density at radius 2 is 1.54 bits per heavy atom. The molecule has 1 heterocycles. The monoisotopic (exact) mass is 662 g/mol. The van der Waals surface area contributed by atoms with Crippen molar-refractivity contribution in [3.8, 4) is 16.9 Å². The minimum Gasteiger partial charge on any atom is -0.434 e. The van der Waals surface area contributed by atoms with Gasteiger partial charge in [0, 0.05) is 22.3 Å². The molecule has 48 heavy (non-hydrogen) atoms. The highest BCUT2D eigenvalue weighted by atomic mass is 19.3. The Morgan fingerprint density at radius 1 is 0.938 bits per heavy atom. The number of hydrogen-bond donors (Lipinski definition) is 1. The van der Waals surface area contributed by atoms with Crippen LogP contribution in [-0.4, -0.2) is 47.8 Å². The number of carbonyl (C=O) groups excluding carboxylic acids is 2. The molecule has 0 radical (unpaired) electrons. The Balaban J connectivity index is 1.75. The van der Waals surface area contributed by atoms with E-state index in [-0.39, 0.29) is 34.2 Å². The van der Waals surface area contributed by atoms with Gasteiger partial charge in [-0.05, 0) is 95.6 Å². The molecule has 1 fully saturated rings. The van der Waals surface area contributed by atoms with E-state index in [1.807, 2.05) is 87.4 Å². The van der Waals surface area contributed by atoms with Gasteiger partial charge in [0.05, 0.1) is 17.2 Å². The third-order valence-corrected chi connectivity index (χ3v) is 9.36. The summed E-state index contributed by atoms with van der Waals surface area (Å²) < 4.78 is 45.3. The lowest BCUT2D eigenvalue weighted by molar-refractivity contribution is -0.0499. The maximum Gasteiger partial charge on any atom is 0.494 e. The van der Waals surface area contributed by atoms with Gasteiger partial charge in [-0.1, -0.05) is 75.6 Å². The van der Waals surface area contributed by atoms with Gasteiger partial charge in [-0.15, -0.1) is 0 Å². The lowest BCUT2D eigenvalue weighted by atomic mass is 9.78. The van der Waals surface area contributed by atoms with Crippen LogP contribution in [0.5, 0.6) is 5.75 Å². The molecule has 10 heteroatoms. The number of hydrogen-bond acceptors (Lipinski definition) is 5. The number of alkyl halides is 2. The van der Waals surface area contributed by atoms with Crippen molar-refractivity contribution in [3.63, 3.8) is 0 Å². The lowest BCUT2D eigenvalue weighted by Gasteiger charge is -2.40. The average molecular weight is 663 g/mol. The summed E-state index contributed by atoms with van der Waals surface area (Å²) in [5, 5.41) is 1.41. The first kappa shape index (κ1) is 37.1. The first-order chi connectivity index (χ1) is 22.3. The number of amides is 2. The molecular weight excluding hydrogens is 613 g/mol. The van der Waals surface area contributed by atoms with Gasteiger partial charge in [-0.25, -0.2) is 5.01 Å². The van der Waals surface area contributed by atoms with Crippen LogP contribution >= 0.6 is 0 Å². The quantitative estimate of drug-likeness (QED) is 0.185. The largest absolute Gasteiger partial charge is 0.494 e. The third-order valence-electron chi connectivity index (χ3n) is 9.36. The molecule has 7 nitrogen and oxygen atoms in total. The molecule has 2 amide bonds. The van der Waals surface area contributed by atoms with E-state index in [0.29, 0.717) is 23.1 Å². The summed E-state index contributed by atoms with van der Waals surface area (Å²) in [5.41, 5.74) is 5.70. The minimum absolute atomic E-state index is 0.110. The Bertz CT molecular complexity index is 1630. The van der Waals surface area contributed by atoms with Crippen molar-refractivity contribution in [1.29, 1.82) is 0 Å². The molecule has 0 aromatic heterocycles. The minimum atomic E-state index is -3.13. The second-order valence-electron chi connectivity index (χ2n) is 14.9. The number of rotatable bonds is 9. The van der Waals surface area contributed by atoms with Crippen LogP contribution in [0, 0.1) is 26.2 Å². The smallest absolute Gasteiger partial charge is 0.434 e. The molecule has 0 bridgehead atoms. The van der Waals surface area contributed by atoms with Crippen LogP contribution in [0.25, 0.3) is 11.1 Å². The summed E-state index contributed by atoms with van der Waals surface area (Å²) in [5.74, 6) is -1.08. The van der Waals surface area contributed by atoms with Crippen LogP contribution in [-0.2, 0) is 9.31 Å². The predicted octanol–water partition coefficient (Wildman–Crippen LogP) is 8.18. The van der Waals surface area contributed by atoms with Gasteiger partial charge in [0.1, 0.15) is 5.75 Å². The topological polar surface area (TPSA) is 77.1 Å². The number of halogens is 2. The van der Waals surface area contributed by atoms with Gasteiger partial charge in [0.2, 0.25) is 0 Å². The van der Waals surface area contributed by atoms with Crippen molar-refractivity contribution < 1.29 is 32.4 Å². The molecule has 4 rings (SSSR count). The molecule has 3 aromatic rings. The van der Waals surface area contributed by atoms with Crippen molar-refractivity contribution in [2.24, 2.45) is 5.41 Å². The summed E-state index contributed by atoms with van der Waals surface area (Å²) in [4.78, 5) is 28.1. The first-order valence-electron chi connectivity index (χ1n) is 16.5. The SMILES string of the molecule is CCC[C@@H](N(NC(=O)c1ccc(-c2cccc(B3OC(C)(C)C(C)(C)O3)c2)c(OC(F)F)c1C)C(=O)c1cc(C)cc(C)c1)C(C)(C)C. The van der Waals surface area contributed by atoms with Gasteiger partial charge >= 0.3 is 13.7 Å². The van der Waals surface area contributed by atoms with Gasteiger partial charge in [0.25, 0.3) is 11.8 Å². The molecule has 0 aliphatic carbocycles. The van der Waals surface area contributed by atoms with E-state index in [9.17, 15) is 18.4 Å². The van der Waals surface area contributed by atoms with E-state index in [0.717, 1.165) is 23.0 Å². The molecule has 3 aromatic carbocycles. The highest BCUT2D eigenvalue weighted by Gasteiger charge is 2.51. The molecule has 1 atom stereocenters. The van der Waals surface area contributed by atoms with Crippen molar-refractivity contribution in [1.82, 2.24) is 10.4 Å². The van der Waals surface area contributed by atoms with E-state index in [4.69, 9.17) is 14.0 Å². The zero-order valence-electron chi connectivity index (χ0n) is 30.1. The zero-order chi connectivity index (χ0) is 35.8. The summed E-state index contributed by atoms with van der Waals surface area (Å²) in [6.45, 7) is 18.2. The number of nitrogens with zero attached hydrogens (tertiary/aromatic N) is 1. The number of carbonyl (C=O) groups is 2. The van der Waals surface area contributed by atoms with Gasteiger partial charge < -0.3 is 14.0 Å². The lowest BCUT2D eigenvalue weighted by Crippen LogP contribution is -2.56. The molecule has 1 aliphatic heterocycles. The predicted molar refractivity (Wildman–Crippen MR) is 187 cm³/mol. The second kappa shape index (κ2) is 14.0. The average Bonchev–Trinajstić information content (AvgIpc) is 3.20. The number of benzene rings is 3. The fraction of sp³-hybridized carbons (Fsp3) is 0.474. The van der Waals surface area contributed by atoms with Crippen molar-refractivity contribution in [2.75, 3.05) is 0 Å². The van der Waals surface area contributed by atoms with Crippen LogP contribution in [0.4, 0.5) is 8.78 Å². The maximum absolute atomic E-state index is 14.1. The van der Waals surface area contributed by atoms with Crippen molar-refractivity contribution in [2.45, 2.75) is 113 Å². The highest BCUT2D eigenvalue weighted by Crippen LogP contribution is 2.39. The number of nitrogens with one attached hydrogen (secondary N) is 1. The molecule has 1 saturated heterocycles. The van der Waals surface area contributed by atoms with Crippen LogP contribution in [0.2, 0.25) is 0 Å². The fourth-order valence-corrected chi connectivity index (χ4v) is 6.14.